The lowest BCUT2D eigenvalue weighted by atomic mass is 10.2. The minimum Gasteiger partial charge on any atom is -0.396 e. The number of fused-ring (bicyclic) bond motifs is 1. The van der Waals surface area contributed by atoms with Crippen LogP contribution in [-0.2, 0) is 6.42 Å². The third-order valence-electron chi connectivity index (χ3n) is 2.71. The van der Waals surface area contributed by atoms with Crippen LogP contribution in [0.15, 0.2) is 24.4 Å². The highest BCUT2D eigenvalue weighted by molar-refractivity contribution is 6.34. The van der Waals surface area contributed by atoms with Crippen molar-refractivity contribution in [2.45, 2.75) is 19.8 Å². The molecule has 2 aromatic rings. The molecule has 0 aromatic carbocycles. The molecular weight excluding hydrogens is 210 g/mol. The predicted octanol–water partition coefficient (Wildman–Crippen LogP) is 2.83. The van der Waals surface area contributed by atoms with Crippen molar-refractivity contribution in [1.82, 2.24) is 4.40 Å². The Labute approximate surface area is 94.1 Å². The zero-order valence-electron chi connectivity index (χ0n) is 8.70. The van der Waals surface area contributed by atoms with Crippen molar-refractivity contribution in [2.24, 2.45) is 0 Å². The van der Waals surface area contributed by atoms with Crippen LogP contribution in [0, 0.1) is 6.92 Å². The largest absolute Gasteiger partial charge is 0.396 e. The smallest absolute Gasteiger partial charge is 0.0693 e. The molecule has 0 atom stereocenters. The Morgan fingerprint density at radius 2 is 2.20 bits per heavy atom. The van der Waals surface area contributed by atoms with Gasteiger partial charge >= 0.3 is 0 Å². The zero-order valence-corrected chi connectivity index (χ0v) is 9.46. The number of halogens is 1. The maximum absolute atomic E-state index is 8.86. The van der Waals surface area contributed by atoms with E-state index in [2.05, 4.69) is 4.40 Å². The molecule has 80 valence electrons. The molecule has 2 nitrogen and oxygen atoms in total. The van der Waals surface area contributed by atoms with Crippen LogP contribution in [0.5, 0.6) is 0 Å². The molecule has 3 heteroatoms. The van der Waals surface area contributed by atoms with Gasteiger partial charge in [0.1, 0.15) is 0 Å². The summed E-state index contributed by atoms with van der Waals surface area (Å²) in [5.41, 5.74) is 3.37. The maximum atomic E-state index is 8.86. The van der Waals surface area contributed by atoms with Gasteiger partial charge in [-0.15, -0.1) is 0 Å². The molecule has 0 saturated heterocycles. The first-order valence-electron chi connectivity index (χ1n) is 5.10. The number of hydrogen-bond acceptors (Lipinski definition) is 1. The normalized spacial score (nSPS) is 11.1. The van der Waals surface area contributed by atoms with Gasteiger partial charge in [0.25, 0.3) is 0 Å². The number of aryl methyl sites for hydroxylation is 1. The van der Waals surface area contributed by atoms with E-state index in [0.29, 0.717) is 0 Å². The molecule has 0 radical (unpaired) electrons. The van der Waals surface area contributed by atoms with E-state index >= 15 is 0 Å². The zero-order chi connectivity index (χ0) is 10.8. The van der Waals surface area contributed by atoms with E-state index in [1.165, 1.54) is 5.69 Å². The van der Waals surface area contributed by atoms with Gasteiger partial charge in [-0.05, 0) is 37.5 Å². The fourth-order valence-electron chi connectivity index (χ4n) is 1.91. The second kappa shape index (κ2) is 4.25. The Morgan fingerprint density at radius 1 is 1.40 bits per heavy atom. The minimum absolute atomic E-state index is 0.219. The molecule has 0 bridgehead atoms. The Bertz CT molecular complexity index is 476. The lowest BCUT2D eigenvalue weighted by Crippen LogP contribution is -1.96. The molecule has 2 rings (SSSR count). The SMILES string of the molecule is Cc1c(Cl)c2ccccn2c1CCCO. The van der Waals surface area contributed by atoms with Crippen molar-refractivity contribution in [1.29, 1.82) is 0 Å². The predicted molar refractivity (Wildman–Crippen MR) is 62.6 cm³/mol. The van der Waals surface area contributed by atoms with Crippen LogP contribution in [0.1, 0.15) is 17.7 Å². The summed E-state index contributed by atoms with van der Waals surface area (Å²) in [7, 11) is 0. The van der Waals surface area contributed by atoms with Gasteiger partial charge in [0.2, 0.25) is 0 Å². The Morgan fingerprint density at radius 3 is 2.93 bits per heavy atom. The fraction of sp³-hybridized carbons (Fsp3) is 0.333. The highest BCUT2D eigenvalue weighted by Crippen LogP contribution is 2.28. The summed E-state index contributed by atoms with van der Waals surface area (Å²) in [6.07, 6.45) is 3.65. The molecule has 0 fully saturated rings. The van der Waals surface area contributed by atoms with Crippen LogP contribution in [0.2, 0.25) is 5.02 Å². The van der Waals surface area contributed by atoms with E-state index < -0.39 is 0 Å². The van der Waals surface area contributed by atoms with Crippen molar-refractivity contribution >= 4 is 17.1 Å². The average Bonchev–Trinajstić information content (AvgIpc) is 2.51. The summed E-state index contributed by atoms with van der Waals surface area (Å²) in [6, 6.07) is 5.99. The van der Waals surface area contributed by atoms with Crippen LogP contribution in [0.25, 0.3) is 5.52 Å². The molecule has 0 aliphatic rings. The summed E-state index contributed by atoms with van der Waals surface area (Å²) < 4.78 is 2.10. The van der Waals surface area contributed by atoms with Crippen molar-refractivity contribution < 1.29 is 5.11 Å². The third kappa shape index (κ3) is 1.75. The van der Waals surface area contributed by atoms with Gasteiger partial charge < -0.3 is 9.51 Å². The van der Waals surface area contributed by atoms with Gasteiger partial charge in [0.15, 0.2) is 0 Å². The van der Waals surface area contributed by atoms with Crippen LogP contribution in [-0.4, -0.2) is 16.1 Å². The molecule has 2 heterocycles. The van der Waals surface area contributed by atoms with Crippen molar-refractivity contribution in [3.05, 3.63) is 40.7 Å². The Hall–Kier alpha value is -0.990. The maximum Gasteiger partial charge on any atom is 0.0693 e. The van der Waals surface area contributed by atoms with Crippen LogP contribution >= 0.6 is 11.6 Å². The summed E-state index contributed by atoms with van der Waals surface area (Å²) in [6.45, 7) is 2.25. The third-order valence-corrected chi connectivity index (χ3v) is 3.19. The van der Waals surface area contributed by atoms with E-state index in [-0.39, 0.29) is 6.61 Å². The lowest BCUT2D eigenvalue weighted by molar-refractivity contribution is 0.288. The quantitative estimate of drug-likeness (QED) is 0.851. The molecule has 0 amide bonds. The summed E-state index contributed by atoms with van der Waals surface area (Å²) in [5, 5.41) is 9.68. The monoisotopic (exact) mass is 223 g/mol. The number of aliphatic hydroxyl groups excluding tert-OH is 1. The van der Waals surface area contributed by atoms with Gasteiger partial charge in [-0.3, -0.25) is 0 Å². The number of hydrogen-bond donors (Lipinski definition) is 1. The summed E-state index contributed by atoms with van der Waals surface area (Å²) in [5.74, 6) is 0. The average molecular weight is 224 g/mol. The van der Waals surface area contributed by atoms with Gasteiger partial charge in [0.05, 0.1) is 10.5 Å². The topological polar surface area (TPSA) is 24.6 Å². The van der Waals surface area contributed by atoms with Crippen molar-refractivity contribution in [3.63, 3.8) is 0 Å². The van der Waals surface area contributed by atoms with Gasteiger partial charge in [-0.25, -0.2) is 0 Å². The van der Waals surface area contributed by atoms with E-state index in [9.17, 15) is 0 Å². The molecule has 15 heavy (non-hydrogen) atoms. The summed E-state index contributed by atoms with van der Waals surface area (Å²) in [4.78, 5) is 0. The first kappa shape index (κ1) is 10.5. The van der Waals surface area contributed by atoms with Crippen LogP contribution in [0.4, 0.5) is 0 Å². The minimum atomic E-state index is 0.219. The van der Waals surface area contributed by atoms with E-state index in [0.717, 1.165) is 28.9 Å². The highest BCUT2D eigenvalue weighted by atomic mass is 35.5. The molecule has 0 aliphatic carbocycles. The molecule has 0 saturated carbocycles. The fourth-order valence-corrected chi connectivity index (χ4v) is 2.17. The highest BCUT2D eigenvalue weighted by Gasteiger charge is 2.11. The number of rotatable bonds is 3. The van der Waals surface area contributed by atoms with Crippen LogP contribution in [0.3, 0.4) is 0 Å². The first-order valence-corrected chi connectivity index (χ1v) is 5.48. The summed E-state index contributed by atoms with van der Waals surface area (Å²) >= 11 is 6.24. The van der Waals surface area contributed by atoms with E-state index in [1.807, 2.05) is 31.3 Å². The molecule has 0 spiro atoms. The van der Waals surface area contributed by atoms with E-state index in [1.54, 1.807) is 0 Å². The van der Waals surface area contributed by atoms with Gasteiger partial charge in [-0.2, -0.15) is 0 Å². The standard InChI is InChI=1S/C12H14ClNO/c1-9-10(6-4-8-15)14-7-3-2-5-11(14)12(9)13/h2-3,5,7,15H,4,6,8H2,1H3. The second-order valence-electron chi connectivity index (χ2n) is 3.67. The number of nitrogens with zero attached hydrogens (tertiary/aromatic N) is 1. The molecule has 0 unspecified atom stereocenters. The molecule has 0 aliphatic heterocycles. The number of pyridine rings is 1. The molecule has 2 aromatic heterocycles. The Balaban J connectivity index is 2.56. The van der Waals surface area contributed by atoms with Crippen molar-refractivity contribution in [2.75, 3.05) is 6.61 Å². The van der Waals surface area contributed by atoms with Gasteiger partial charge in [0, 0.05) is 18.5 Å². The van der Waals surface area contributed by atoms with Gasteiger partial charge in [-0.1, -0.05) is 17.7 Å². The Kier molecular flexibility index (Phi) is 2.98. The molecule has 1 N–H and O–H groups in total. The van der Waals surface area contributed by atoms with Crippen molar-refractivity contribution in [3.8, 4) is 0 Å². The second-order valence-corrected chi connectivity index (χ2v) is 4.05. The first-order chi connectivity index (χ1) is 7.25. The number of aliphatic hydroxyl groups is 1. The van der Waals surface area contributed by atoms with E-state index in [4.69, 9.17) is 16.7 Å². The number of aromatic nitrogens is 1. The lowest BCUT2D eigenvalue weighted by Gasteiger charge is -2.02. The van der Waals surface area contributed by atoms with Crippen LogP contribution < -0.4 is 0 Å². The molecular formula is C12H14ClNO.